The van der Waals surface area contributed by atoms with E-state index in [1.165, 1.54) is 0 Å². The van der Waals surface area contributed by atoms with Crippen LogP contribution >= 0.6 is 15.9 Å². The fourth-order valence-corrected chi connectivity index (χ4v) is 1.79. The molecule has 2 nitrogen and oxygen atoms in total. The third-order valence-corrected chi connectivity index (χ3v) is 2.52. The molecular formula is C11H13BrO2. The predicted molar refractivity (Wildman–Crippen MR) is 60.2 cm³/mol. The molecule has 0 aliphatic carbocycles. The number of phenolic OH excluding ortho intramolecular Hbond substituents is 1. The van der Waals surface area contributed by atoms with Crippen LogP contribution in [0.3, 0.4) is 0 Å². The van der Waals surface area contributed by atoms with Gasteiger partial charge in [-0.1, -0.05) is 35.0 Å². The number of carbonyl (C=O) groups is 1. The summed E-state index contributed by atoms with van der Waals surface area (Å²) >= 11 is 3.23. The molecule has 0 bridgehead atoms. The van der Waals surface area contributed by atoms with Crippen LogP contribution in [0, 0.1) is 0 Å². The van der Waals surface area contributed by atoms with E-state index in [0.29, 0.717) is 23.7 Å². The number of rotatable bonds is 4. The number of carbonyl (C=O) groups excluding carboxylic acids is 1. The van der Waals surface area contributed by atoms with Gasteiger partial charge in [-0.05, 0) is 12.5 Å². The van der Waals surface area contributed by atoms with E-state index in [-0.39, 0.29) is 11.5 Å². The third-order valence-electron chi connectivity index (χ3n) is 2.13. The Morgan fingerprint density at radius 2 is 2.21 bits per heavy atom. The van der Waals surface area contributed by atoms with Crippen molar-refractivity contribution in [2.75, 3.05) is 5.33 Å². The van der Waals surface area contributed by atoms with E-state index in [0.717, 1.165) is 5.56 Å². The van der Waals surface area contributed by atoms with Crippen LogP contribution < -0.4 is 0 Å². The predicted octanol–water partition coefficient (Wildman–Crippen LogP) is 2.92. The number of benzene rings is 1. The normalized spacial score (nSPS) is 10.1. The lowest BCUT2D eigenvalue weighted by Gasteiger charge is -2.07. The number of ketones is 1. The molecule has 0 aliphatic rings. The monoisotopic (exact) mass is 256 g/mol. The maximum atomic E-state index is 11.6. The summed E-state index contributed by atoms with van der Waals surface area (Å²) in [6.45, 7) is 1.93. The van der Waals surface area contributed by atoms with Crippen LogP contribution in [0.5, 0.6) is 5.75 Å². The summed E-state index contributed by atoms with van der Waals surface area (Å²) in [5.41, 5.74) is 1.39. The summed E-state index contributed by atoms with van der Waals surface area (Å²) < 4.78 is 0. The molecule has 1 N–H and O–H groups in total. The van der Waals surface area contributed by atoms with E-state index in [4.69, 9.17) is 0 Å². The SMILES string of the molecule is CCc1c(O)cccc1C(=O)CCBr. The topological polar surface area (TPSA) is 37.3 Å². The van der Waals surface area contributed by atoms with Crippen LogP contribution in [-0.2, 0) is 6.42 Å². The van der Waals surface area contributed by atoms with Gasteiger partial charge in [-0.25, -0.2) is 0 Å². The molecule has 0 fully saturated rings. The molecule has 0 radical (unpaired) electrons. The molecular weight excluding hydrogens is 244 g/mol. The van der Waals surface area contributed by atoms with Crippen LogP contribution in [-0.4, -0.2) is 16.2 Å². The smallest absolute Gasteiger partial charge is 0.164 e. The quantitative estimate of drug-likeness (QED) is 0.665. The second kappa shape index (κ2) is 5.15. The standard InChI is InChI=1S/C11H13BrO2/c1-2-8-9(11(14)6-7-12)4-3-5-10(8)13/h3-5,13H,2,6-7H2,1H3. The van der Waals surface area contributed by atoms with Crippen molar-refractivity contribution >= 4 is 21.7 Å². The zero-order valence-electron chi connectivity index (χ0n) is 8.09. The number of hydrogen-bond donors (Lipinski definition) is 1. The molecule has 0 saturated heterocycles. The number of aromatic hydroxyl groups is 1. The highest BCUT2D eigenvalue weighted by Crippen LogP contribution is 2.22. The summed E-state index contributed by atoms with van der Waals surface area (Å²) in [6.07, 6.45) is 1.15. The van der Waals surface area contributed by atoms with Gasteiger partial charge < -0.3 is 5.11 Å². The Kier molecular flexibility index (Phi) is 4.14. The number of alkyl halides is 1. The molecule has 1 aromatic rings. The lowest BCUT2D eigenvalue weighted by Crippen LogP contribution is -2.03. The van der Waals surface area contributed by atoms with E-state index in [1.807, 2.05) is 6.92 Å². The van der Waals surface area contributed by atoms with Crippen molar-refractivity contribution < 1.29 is 9.90 Å². The minimum atomic E-state index is 0.0784. The van der Waals surface area contributed by atoms with E-state index >= 15 is 0 Å². The first-order chi connectivity index (χ1) is 6.70. The third kappa shape index (κ3) is 2.35. The second-order valence-electron chi connectivity index (χ2n) is 3.02. The highest BCUT2D eigenvalue weighted by atomic mass is 79.9. The molecule has 0 atom stereocenters. The van der Waals surface area contributed by atoms with Crippen molar-refractivity contribution in [3.05, 3.63) is 29.3 Å². The average molecular weight is 257 g/mol. The Balaban J connectivity index is 3.07. The van der Waals surface area contributed by atoms with Crippen molar-refractivity contribution in [3.63, 3.8) is 0 Å². The summed E-state index contributed by atoms with van der Waals surface area (Å²) in [5.74, 6) is 0.294. The number of halogens is 1. The molecule has 1 rings (SSSR count). The Morgan fingerprint density at radius 3 is 2.79 bits per heavy atom. The second-order valence-corrected chi connectivity index (χ2v) is 3.81. The van der Waals surface area contributed by atoms with Gasteiger partial charge in [-0.2, -0.15) is 0 Å². The molecule has 3 heteroatoms. The zero-order valence-corrected chi connectivity index (χ0v) is 9.67. The Labute approximate surface area is 92.1 Å². The minimum Gasteiger partial charge on any atom is -0.508 e. The van der Waals surface area contributed by atoms with Crippen LogP contribution in [0.25, 0.3) is 0 Å². The lowest BCUT2D eigenvalue weighted by atomic mass is 9.99. The molecule has 1 aromatic carbocycles. The molecule has 0 unspecified atom stereocenters. The molecule has 0 heterocycles. The Bertz CT molecular complexity index is 334. The number of Topliss-reactive ketones (excluding diaryl/α,β-unsaturated/α-hetero) is 1. The van der Waals surface area contributed by atoms with E-state index in [9.17, 15) is 9.90 Å². The van der Waals surface area contributed by atoms with Gasteiger partial charge in [0.1, 0.15) is 5.75 Å². The molecule has 76 valence electrons. The van der Waals surface area contributed by atoms with Crippen molar-refractivity contribution in [1.82, 2.24) is 0 Å². The van der Waals surface area contributed by atoms with Gasteiger partial charge in [0.05, 0.1) is 0 Å². The summed E-state index contributed by atoms with van der Waals surface area (Å²) in [4.78, 5) is 11.6. The van der Waals surface area contributed by atoms with Crippen LogP contribution in [0.15, 0.2) is 18.2 Å². The maximum Gasteiger partial charge on any atom is 0.164 e. The summed E-state index contributed by atoms with van der Waals surface area (Å²) in [7, 11) is 0. The maximum absolute atomic E-state index is 11.6. The fourth-order valence-electron chi connectivity index (χ4n) is 1.43. The molecule has 0 spiro atoms. The highest BCUT2D eigenvalue weighted by molar-refractivity contribution is 9.09. The average Bonchev–Trinajstić information content (AvgIpc) is 2.17. The molecule has 0 saturated carbocycles. The van der Waals surface area contributed by atoms with Gasteiger partial charge in [0.15, 0.2) is 5.78 Å². The lowest BCUT2D eigenvalue weighted by molar-refractivity contribution is 0.0988. The van der Waals surface area contributed by atoms with Gasteiger partial charge in [-0.3, -0.25) is 4.79 Å². The summed E-state index contributed by atoms with van der Waals surface area (Å²) in [6, 6.07) is 5.09. The van der Waals surface area contributed by atoms with Gasteiger partial charge in [0.25, 0.3) is 0 Å². The van der Waals surface area contributed by atoms with Gasteiger partial charge >= 0.3 is 0 Å². The summed E-state index contributed by atoms with van der Waals surface area (Å²) in [5, 5.41) is 10.2. The Hall–Kier alpha value is -0.830. The molecule has 14 heavy (non-hydrogen) atoms. The van der Waals surface area contributed by atoms with Crippen molar-refractivity contribution in [1.29, 1.82) is 0 Å². The highest BCUT2D eigenvalue weighted by Gasteiger charge is 2.12. The fraction of sp³-hybridized carbons (Fsp3) is 0.364. The minimum absolute atomic E-state index is 0.0784. The number of phenols is 1. The van der Waals surface area contributed by atoms with Crippen molar-refractivity contribution in [3.8, 4) is 5.75 Å². The first kappa shape index (κ1) is 11.2. The van der Waals surface area contributed by atoms with Crippen LogP contribution in [0.2, 0.25) is 0 Å². The van der Waals surface area contributed by atoms with Crippen LogP contribution in [0.1, 0.15) is 29.3 Å². The largest absolute Gasteiger partial charge is 0.508 e. The zero-order chi connectivity index (χ0) is 10.6. The van der Waals surface area contributed by atoms with E-state index < -0.39 is 0 Å². The first-order valence-electron chi connectivity index (χ1n) is 4.60. The van der Waals surface area contributed by atoms with Crippen LogP contribution in [0.4, 0.5) is 0 Å². The van der Waals surface area contributed by atoms with Gasteiger partial charge in [0, 0.05) is 22.9 Å². The van der Waals surface area contributed by atoms with Gasteiger partial charge in [-0.15, -0.1) is 0 Å². The van der Waals surface area contributed by atoms with E-state index in [1.54, 1.807) is 18.2 Å². The van der Waals surface area contributed by atoms with E-state index in [2.05, 4.69) is 15.9 Å². The molecule has 0 aromatic heterocycles. The first-order valence-corrected chi connectivity index (χ1v) is 5.72. The molecule has 0 amide bonds. The van der Waals surface area contributed by atoms with Crippen molar-refractivity contribution in [2.24, 2.45) is 0 Å². The number of hydrogen-bond acceptors (Lipinski definition) is 2. The van der Waals surface area contributed by atoms with Gasteiger partial charge in [0.2, 0.25) is 0 Å². The molecule has 0 aliphatic heterocycles. The Morgan fingerprint density at radius 1 is 1.50 bits per heavy atom. The van der Waals surface area contributed by atoms with Crippen molar-refractivity contribution in [2.45, 2.75) is 19.8 Å².